The van der Waals surface area contributed by atoms with Gasteiger partial charge in [0, 0.05) is 24.4 Å². The Hall–Kier alpha value is -1.64. The van der Waals surface area contributed by atoms with Crippen LogP contribution in [0.3, 0.4) is 0 Å². The molecule has 0 N–H and O–H groups in total. The third kappa shape index (κ3) is 1.95. The van der Waals surface area contributed by atoms with E-state index in [1.165, 1.54) is 19.4 Å². The number of benzene rings is 2. The molecule has 118 valence electrons. The molecule has 0 spiro atoms. The first-order valence-electron chi connectivity index (χ1n) is 8.87. The van der Waals surface area contributed by atoms with Crippen molar-refractivity contribution < 1.29 is 4.74 Å². The second-order valence-electron chi connectivity index (χ2n) is 7.22. The van der Waals surface area contributed by atoms with Gasteiger partial charge in [-0.1, -0.05) is 48.5 Å². The van der Waals surface area contributed by atoms with Crippen LogP contribution < -0.4 is 0 Å². The summed E-state index contributed by atoms with van der Waals surface area (Å²) in [5.74, 6) is 0.618. The highest BCUT2D eigenvalue weighted by atomic mass is 16.5. The van der Waals surface area contributed by atoms with E-state index in [1.54, 1.807) is 22.3 Å². The lowest BCUT2D eigenvalue weighted by atomic mass is 9.73. The lowest BCUT2D eigenvalue weighted by molar-refractivity contribution is 0.0353. The summed E-state index contributed by atoms with van der Waals surface area (Å²) in [6.07, 6.45) is 2.51. The van der Waals surface area contributed by atoms with Gasteiger partial charge in [0.2, 0.25) is 0 Å². The SMILES string of the molecule is c1ccc2c(c1)C1CC2(CCN2CCOCC2)c2ccccc21. The summed E-state index contributed by atoms with van der Waals surface area (Å²) in [7, 11) is 0. The van der Waals surface area contributed by atoms with Gasteiger partial charge in [-0.15, -0.1) is 0 Å². The maximum atomic E-state index is 5.50. The molecule has 0 amide bonds. The highest BCUT2D eigenvalue weighted by Crippen LogP contribution is 2.61. The number of fused-ring (bicyclic) bond motifs is 8. The minimum atomic E-state index is 0.246. The van der Waals surface area contributed by atoms with E-state index in [0.29, 0.717) is 5.92 Å². The number of nitrogens with zero attached hydrogens (tertiary/aromatic N) is 1. The Bertz CT molecular complexity index is 685. The van der Waals surface area contributed by atoms with Gasteiger partial charge in [-0.05, 0) is 41.6 Å². The van der Waals surface area contributed by atoms with Crippen molar-refractivity contribution in [3.8, 4) is 0 Å². The average Bonchev–Trinajstić information content (AvgIpc) is 3.14. The van der Waals surface area contributed by atoms with E-state index < -0.39 is 0 Å². The number of ether oxygens (including phenoxy) is 1. The van der Waals surface area contributed by atoms with Crippen LogP contribution in [0.4, 0.5) is 0 Å². The van der Waals surface area contributed by atoms with E-state index >= 15 is 0 Å². The molecule has 1 aliphatic heterocycles. The van der Waals surface area contributed by atoms with Crippen LogP contribution in [0.1, 0.15) is 41.0 Å². The highest BCUT2D eigenvalue weighted by molar-refractivity contribution is 5.62. The van der Waals surface area contributed by atoms with Crippen LogP contribution in [0.25, 0.3) is 0 Å². The van der Waals surface area contributed by atoms with Gasteiger partial charge >= 0.3 is 0 Å². The molecule has 2 bridgehead atoms. The zero-order valence-electron chi connectivity index (χ0n) is 13.5. The molecule has 1 saturated heterocycles. The number of hydrogen-bond donors (Lipinski definition) is 0. The van der Waals surface area contributed by atoms with E-state index in [1.807, 2.05) is 0 Å². The van der Waals surface area contributed by atoms with Gasteiger partial charge in [0.05, 0.1) is 13.2 Å². The van der Waals surface area contributed by atoms with E-state index in [9.17, 15) is 0 Å². The predicted molar refractivity (Wildman–Crippen MR) is 92.0 cm³/mol. The summed E-state index contributed by atoms with van der Waals surface area (Å²) >= 11 is 0. The summed E-state index contributed by atoms with van der Waals surface area (Å²) in [5.41, 5.74) is 6.59. The second kappa shape index (κ2) is 5.19. The molecule has 2 aromatic rings. The Morgan fingerprint density at radius 1 is 0.913 bits per heavy atom. The standard InChI is InChI=1S/C21H23NO/c1-3-7-19-16(5-1)18-15-21(19,20-8-4-2-6-17(18)20)9-10-22-11-13-23-14-12-22/h1-8,18H,9-15H2. The predicted octanol–water partition coefficient (Wildman–Crippen LogP) is 3.54. The molecule has 5 rings (SSSR count). The van der Waals surface area contributed by atoms with Crippen molar-refractivity contribution in [2.24, 2.45) is 0 Å². The smallest absolute Gasteiger partial charge is 0.0594 e. The molecule has 2 nitrogen and oxygen atoms in total. The molecular weight excluding hydrogens is 282 g/mol. The highest BCUT2D eigenvalue weighted by Gasteiger charge is 2.52. The van der Waals surface area contributed by atoms with Gasteiger partial charge in [0.1, 0.15) is 0 Å². The molecule has 0 atom stereocenters. The van der Waals surface area contributed by atoms with Crippen LogP contribution in [-0.2, 0) is 10.2 Å². The quantitative estimate of drug-likeness (QED) is 0.860. The van der Waals surface area contributed by atoms with Gasteiger partial charge in [0.25, 0.3) is 0 Å². The van der Waals surface area contributed by atoms with Crippen LogP contribution >= 0.6 is 0 Å². The molecule has 0 unspecified atom stereocenters. The largest absolute Gasteiger partial charge is 0.379 e. The minimum absolute atomic E-state index is 0.246. The van der Waals surface area contributed by atoms with Crippen molar-refractivity contribution >= 4 is 0 Å². The number of morpholine rings is 1. The lowest BCUT2D eigenvalue weighted by Gasteiger charge is -2.35. The second-order valence-corrected chi connectivity index (χ2v) is 7.22. The minimum Gasteiger partial charge on any atom is -0.379 e. The first-order chi connectivity index (χ1) is 11.4. The fraction of sp³-hybridized carbons (Fsp3) is 0.429. The maximum absolute atomic E-state index is 5.50. The monoisotopic (exact) mass is 305 g/mol. The summed E-state index contributed by atoms with van der Waals surface area (Å²) < 4.78 is 5.50. The maximum Gasteiger partial charge on any atom is 0.0594 e. The van der Waals surface area contributed by atoms with Crippen LogP contribution in [0.2, 0.25) is 0 Å². The van der Waals surface area contributed by atoms with Gasteiger partial charge in [-0.25, -0.2) is 0 Å². The average molecular weight is 305 g/mol. The summed E-state index contributed by atoms with van der Waals surface area (Å²) in [6.45, 7) is 5.13. The molecule has 23 heavy (non-hydrogen) atoms. The summed E-state index contributed by atoms with van der Waals surface area (Å²) in [5, 5.41) is 0. The molecular formula is C21H23NO. The Kier molecular flexibility index (Phi) is 3.10. The number of rotatable bonds is 3. The first kappa shape index (κ1) is 13.8. The third-order valence-corrected chi connectivity index (χ3v) is 6.21. The van der Waals surface area contributed by atoms with Crippen molar-refractivity contribution in [2.75, 3.05) is 32.8 Å². The zero-order chi connectivity index (χ0) is 15.3. The first-order valence-corrected chi connectivity index (χ1v) is 8.87. The molecule has 2 aliphatic carbocycles. The summed E-state index contributed by atoms with van der Waals surface area (Å²) in [6, 6.07) is 18.3. The van der Waals surface area contributed by atoms with Gasteiger partial charge < -0.3 is 4.74 Å². The fourth-order valence-corrected chi connectivity index (χ4v) is 5.12. The Morgan fingerprint density at radius 2 is 1.52 bits per heavy atom. The lowest BCUT2D eigenvalue weighted by Crippen LogP contribution is -2.39. The molecule has 2 heteroatoms. The molecule has 0 aromatic heterocycles. The molecule has 1 heterocycles. The normalized spacial score (nSPS) is 28.6. The molecule has 3 aliphatic rings. The molecule has 0 saturated carbocycles. The summed E-state index contributed by atoms with van der Waals surface area (Å²) in [4.78, 5) is 2.58. The molecule has 1 fully saturated rings. The van der Waals surface area contributed by atoms with Crippen molar-refractivity contribution in [3.05, 3.63) is 70.8 Å². The van der Waals surface area contributed by atoms with E-state index in [-0.39, 0.29) is 5.41 Å². The Morgan fingerprint density at radius 3 is 2.17 bits per heavy atom. The van der Waals surface area contributed by atoms with E-state index in [4.69, 9.17) is 4.74 Å². The van der Waals surface area contributed by atoms with E-state index in [2.05, 4.69) is 53.4 Å². The zero-order valence-corrected chi connectivity index (χ0v) is 13.5. The van der Waals surface area contributed by atoms with Crippen molar-refractivity contribution in [1.29, 1.82) is 0 Å². The van der Waals surface area contributed by atoms with Gasteiger partial charge in [-0.3, -0.25) is 4.90 Å². The Balaban J connectivity index is 1.53. The molecule has 0 radical (unpaired) electrons. The number of hydrogen-bond acceptors (Lipinski definition) is 2. The van der Waals surface area contributed by atoms with Crippen molar-refractivity contribution in [3.63, 3.8) is 0 Å². The Labute approximate surface area is 138 Å². The topological polar surface area (TPSA) is 12.5 Å². The fourth-order valence-electron chi connectivity index (χ4n) is 5.12. The van der Waals surface area contributed by atoms with Gasteiger partial charge in [0.15, 0.2) is 0 Å². The van der Waals surface area contributed by atoms with Crippen LogP contribution in [0, 0.1) is 0 Å². The molecule has 2 aromatic carbocycles. The van der Waals surface area contributed by atoms with E-state index in [0.717, 1.165) is 26.3 Å². The van der Waals surface area contributed by atoms with Crippen LogP contribution in [0.5, 0.6) is 0 Å². The van der Waals surface area contributed by atoms with Gasteiger partial charge in [-0.2, -0.15) is 0 Å². The van der Waals surface area contributed by atoms with Crippen molar-refractivity contribution in [1.82, 2.24) is 4.90 Å². The van der Waals surface area contributed by atoms with Crippen molar-refractivity contribution in [2.45, 2.75) is 24.2 Å². The van der Waals surface area contributed by atoms with Crippen LogP contribution in [-0.4, -0.2) is 37.7 Å². The van der Waals surface area contributed by atoms with Crippen LogP contribution in [0.15, 0.2) is 48.5 Å². The third-order valence-electron chi connectivity index (χ3n) is 6.21.